The Balaban J connectivity index is 1.59. The zero-order chi connectivity index (χ0) is 22.7. The van der Waals surface area contributed by atoms with E-state index in [9.17, 15) is 9.59 Å². The van der Waals surface area contributed by atoms with Gasteiger partial charge in [0.05, 0.1) is 22.3 Å². The average molecular weight is 449 g/mol. The number of carbonyl (C=O) groups is 2. The number of carbonyl (C=O) groups excluding carboxylic acids is 2. The number of primary amides is 1. The van der Waals surface area contributed by atoms with E-state index >= 15 is 0 Å². The number of anilines is 1. The van der Waals surface area contributed by atoms with Crippen LogP contribution in [0.25, 0.3) is 11.0 Å². The van der Waals surface area contributed by atoms with Gasteiger partial charge in [-0.1, -0.05) is 35.9 Å². The molecule has 1 aromatic heterocycles. The topological polar surface area (TPSA) is 99.2 Å². The summed E-state index contributed by atoms with van der Waals surface area (Å²) < 4.78 is 7.64. The normalized spacial score (nSPS) is 10.8. The Morgan fingerprint density at radius 2 is 1.81 bits per heavy atom. The number of nitrogens with one attached hydrogen (secondary N) is 1. The van der Waals surface area contributed by atoms with Crippen molar-refractivity contribution < 1.29 is 14.3 Å². The molecule has 0 aliphatic rings. The summed E-state index contributed by atoms with van der Waals surface area (Å²) in [7, 11) is 0. The van der Waals surface area contributed by atoms with Gasteiger partial charge >= 0.3 is 0 Å². The number of aromatic nitrogens is 2. The van der Waals surface area contributed by atoms with Gasteiger partial charge in [-0.3, -0.25) is 9.59 Å². The van der Waals surface area contributed by atoms with Gasteiger partial charge in [0.1, 0.15) is 24.7 Å². The molecule has 3 aromatic carbocycles. The van der Waals surface area contributed by atoms with Crippen LogP contribution in [0.1, 0.15) is 21.7 Å². The Morgan fingerprint density at radius 3 is 2.56 bits per heavy atom. The number of amides is 2. The van der Waals surface area contributed by atoms with Crippen molar-refractivity contribution in [2.24, 2.45) is 5.73 Å². The van der Waals surface area contributed by atoms with E-state index in [0.29, 0.717) is 33.4 Å². The number of nitrogens with zero attached hydrogens (tertiary/aromatic N) is 2. The molecule has 0 saturated carbocycles. The Bertz CT molecular complexity index is 1300. The van der Waals surface area contributed by atoms with Crippen molar-refractivity contribution in [2.45, 2.75) is 20.1 Å². The Hall–Kier alpha value is -3.84. The van der Waals surface area contributed by atoms with E-state index in [1.807, 2.05) is 24.3 Å². The van der Waals surface area contributed by atoms with E-state index in [-0.39, 0.29) is 19.1 Å². The molecule has 0 fully saturated rings. The summed E-state index contributed by atoms with van der Waals surface area (Å²) in [5.41, 5.74) is 8.42. The number of ether oxygens (including phenoxy) is 1. The first-order valence-electron chi connectivity index (χ1n) is 9.94. The molecule has 0 bridgehead atoms. The number of benzene rings is 3. The van der Waals surface area contributed by atoms with Crippen LogP contribution in [0.4, 0.5) is 5.69 Å². The number of hydrogen-bond donors (Lipinski definition) is 2. The minimum atomic E-state index is -0.594. The molecule has 2 amide bonds. The number of nitrogens with two attached hydrogens (primary N) is 1. The Morgan fingerprint density at radius 1 is 1.06 bits per heavy atom. The molecule has 0 unspecified atom stereocenters. The predicted octanol–water partition coefficient (Wildman–Crippen LogP) is 4.31. The van der Waals surface area contributed by atoms with Crippen molar-refractivity contribution in [1.82, 2.24) is 9.55 Å². The smallest absolute Gasteiger partial charge is 0.251 e. The third-order valence-corrected chi connectivity index (χ3v) is 5.26. The van der Waals surface area contributed by atoms with Crippen LogP contribution < -0.4 is 15.8 Å². The third-order valence-electron chi connectivity index (χ3n) is 5.01. The van der Waals surface area contributed by atoms with E-state index in [0.717, 1.165) is 11.0 Å². The highest BCUT2D eigenvalue weighted by atomic mass is 35.5. The standard InChI is InChI=1S/C24H21ClN4O3/c1-15-5-4-7-19(23(15)24(26)31)28-22(30)13-29-20-8-3-2-6-18(20)27-21(29)14-32-17-11-9-16(25)10-12-17/h2-12H,13-14H2,1H3,(H2,26,31)(H,28,30). The average Bonchev–Trinajstić information content (AvgIpc) is 3.10. The minimum Gasteiger partial charge on any atom is -0.486 e. The van der Waals surface area contributed by atoms with Crippen LogP contribution in [-0.2, 0) is 17.9 Å². The number of fused-ring (bicyclic) bond motifs is 1. The molecule has 0 aliphatic carbocycles. The molecule has 0 aliphatic heterocycles. The first-order chi connectivity index (χ1) is 15.4. The van der Waals surface area contributed by atoms with E-state index in [4.69, 9.17) is 22.1 Å². The molecular formula is C24H21ClN4O3. The summed E-state index contributed by atoms with van der Waals surface area (Å²) >= 11 is 5.93. The molecule has 3 N–H and O–H groups in total. The highest BCUT2D eigenvalue weighted by Crippen LogP contribution is 2.22. The third kappa shape index (κ3) is 4.58. The van der Waals surface area contributed by atoms with Gasteiger partial charge in [-0.2, -0.15) is 0 Å². The minimum absolute atomic E-state index is 0.00797. The molecule has 7 nitrogen and oxygen atoms in total. The van der Waals surface area contributed by atoms with Crippen LogP contribution in [0.15, 0.2) is 66.7 Å². The zero-order valence-electron chi connectivity index (χ0n) is 17.3. The van der Waals surface area contributed by atoms with Gasteiger partial charge in [-0.05, 0) is 55.0 Å². The maximum atomic E-state index is 12.9. The number of imidazole rings is 1. The van der Waals surface area contributed by atoms with Crippen LogP contribution in [0.5, 0.6) is 5.75 Å². The quantitative estimate of drug-likeness (QED) is 0.440. The molecule has 4 aromatic rings. The Kier molecular flexibility index (Phi) is 6.09. The lowest BCUT2D eigenvalue weighted by Gasteiger charge is -2.13. The van der Waals surface area contributed by atoms with E-state index in [1.54, 1.807) is 54.0 Å². The second-order valence-corrected chi connectivity index (χ2v) is 7.69. The maximum Gasteiger partial charge on any atom is 0.251 e. The fourth-order valence-corrected chi connectivity index (χ4v) is 3.65. The summed E-state index contributed by atoms with van der Waals surface area (Å²) in [6.07, 6.45) is 0. The fourth-order valence-electron chi connectivity index (χ4n) is 3.52. The number of halogens is 1. The van der Waals surface area contributed by atoms with Gasteiger partial charge in [0.2, 0.25) is 5.91 Å². The van der Waals surface area contributed by atoms with Crippen molar-refractivity contribution in [3.8, 4) is 5.75 Å². The largest absolute Gasteiger partial charge is 0.486 e. The highest BCUT2D eigenvalue weighted by molar-refractivity contribution is 6.30. The number of aryl methyl sites for hydroxylation is 1. The Labute approximate surface area is 189 Å². The lowest BCUT2D eigenvalue weighted by atomic mass is 10.1. The van der Waals surface area contributed by atoms with Crippen molar-refractivity contribution in [3.63, 3.8) is 0 Å². The summed E-state index contributed by atoms with van der Waals surface area (Å²) in [4.78, 5) is 29.4. The molecule has 0 spiro atoms. The van der Waals surface area contributed by atoms with Crippen LogP contribution in [0.2, 0.25) is 5.02 Å². The summed E-state index contributed by atoms with van der Waals surface area (Å²) in [6, 6.07) is 19.7. The van der Waals surface area contributed by atoms with Crippen molar-refractivity contribution in [1.29, 1.82) is 0 Å². The van der Waals surface area contributed by atoms with Crippen LogP contribution in [0.3, 0.4) is 0 Å². The summed E-state index contributed by atoms with van der Waals surface area (Å²) in [6.45, 7) is 1.93. The van der Waals surface area contributed by atoms with Crippen molar-refractivity contribution in [2.75, 3.05) is 5.32 Å². The lowest BCUT2D eigenvalue weighted by Crippen LogP contribution is -2.23. The molecule has 8 heteroatoms. The molecule has 162 valence electrons. The maximum absolute atomic E-state index is 12.9. The zero-order valence-corrected chi connectivity index (χ0v) is 18.1. The highest BCUT2D eigenvalue weighted by Gasteiger charge is 2.17. The van der Waals surface area contributed by atoms with Gasteiger partial charge in [0, 0.05) is 5.02 Å². The van der Waals surface area contributed by atoms with Gasteiger partial charge < -0.3 is 20.4 Å². The lowest BCUT2D eigenvalue weighted by molar-refractivity contribution is -0.116. The predicted molar refractivity (Wildman–Crippen MR) is 124 cm³/mol. The van der Waals surface area contributed by atoms with Gasteiger partial charge in [-0.25, -0.2) is 4.98 Å². The van der Waals surface area contributed by atoms with Gasteiger partial charge in [-0.15, -0.1) is 0 Å². The number of para-hydroxylation sites is 2. The van der Waals surface area contributed by atoms with E-state index in [2.05, 4.69) is 10.3 Å². The molecule has 0 radical (unpaired) electrons. The van der Waals surface area contributed by atoms with Crippen LogP contribution in [-0.4, -0.2) is 21.4 Å². The number of rotatable bonds is 7. The SMILES string of the molecule is Cc1cccc(NC(=O)Cn2c(COc3ccc(Cl)cc3)nc3ccccc32)c1C(N)=O. The first kappa shape index (κ1) is 21.4. The molecular weight excluding hydrogens is 428 g/mol. The molecule has 0 saturated heterocycles. The van der Waals surface area contributed by atoms with Crippen LogP contribution in [0, 0.1) is 6.92 Å². The van der Waals surface area contributed by atoms with Gasteiger partial charge in [0.15, 0.2) is 0 Å². The first-order valence-corrected chi connectivity index (χ1v) is 10.3. The van der Waals surface area contributed by atoms with Crippen LogP contribution >= 0.6 is 11.6 Å². The molecule has 1 heterocycles. The molecule has 0 atom stereocenters. The molecule has 32 heavy (non-hydrogen) atoms. The number of hydrogen-bond acceptors (Lipinski definition) is 4. The van der Waals surface area contributed by atoms with E-state index in [1.165, 1.54) is 0 Å². The van der Waals surface area contributed by atoms with E-state index < -0.39 is 5.91 Å². The molecule has 4 rings (SSSR count). The van der Waals surface area contributed by atoms with Crippen molar-refractivity contribution in [3.05, 3.63) is 88.7 Å². The second kappa shape index (κ2) is 9.11. The summed E-state index contributed by atoms with van der Waals surface area (Å²) in [5.74, 6) is 0.330. The monoisotopic (exact) mass is 448 g/mol. The summed E-state index contributed by atoms with van der Waals surface area (Å²) in [5, 5.41) is 3.42. The van der Waals surface area contributed by atoms with Crippen molar-refractivity contribution >= 4 is 40.1 Å². The second-order valence-electron chi connectivity index (χ2n) is 7.26. The van der Waals surface area contributed by atoms with Gasteiger partial charge in [0.25, 0.3) is 5.91 Å². The fraction of sp³-hybridized carbons (Fsp3) is 0.125.